The molecule has 8 heteroatoms. The molecule has 0 bridgehead atoms. The zero-order valence-electron chi connectivity index (χ0n) is 13.5. The Kier molecular flexibility index (Phi) is 6.26. The zero-order valence-corrected chi connectivity index (χ0v) is 18.9. The zero-order chi connectivity index (χ0) is 18.8. The number of hydrogen-bond donors (Lipinski definition) is 1. The molecule has 0 atom stereocenters. The maximum Gasteiger partial charge on any atom is 0.270 e. The summed E-state index contributed by atoms with van der Waals surface area (Å²) in [5.74, 6) is 0.332. The number of carbonyl (C=O) groups is 1. The van der Waals surface area contributed by atoms with E-state index in [4.69, 9.17) is 17.0 Å². The Labute approximate surface area is 182 Å². The van der Waals surface area contributed by atoms with Crippen molar-refractivity contribution in [2.24, 2.45) is 0 Å². The maximum absolute atomic E-state index is 12.8. The molecule has 26 heavy (non-hydrogen) atoms. The van der Waals surface area contributed by atoms with Gasteiger partial charge in [-0.05, 0) is 71.5 Å². The van der Waals surface area contributed by atoms with Gasteiger partial charge in [0.1, 0.15) is 0 Å². The molecule has 3 rings (SSSR count). The van der Waals surface area contributed by atoms with E-state index in [9.17, 15) is 9.90 Å². The number of phenolic OH excluding ortho intramolecular Hbond substituents is 1. The van der Waals surface area contributed by atoms with Crippen molar-refractivity contribution in [1.29, 1.82) is 0 Å². The van der Waals surface area contributed by atoms with Crippen molar-refractivity contribution in [3.63, 3.8) is 0 Å². The van der Waals surface area contributed by atoms with E-state index < -0.39 is 0 Å². The first kappa shape index (κ1) is 19.7. The summed E-state index contributed by atoms with van der Waals surface area (Å²) in [4.78, 5) is 14.9. The number of halogens is 2. The molecule has 1 saturated heterocycles. The average Bonchev–Trinajstić information content (AvgIpc) is 2.86. The summed E-state index contributed by atoms with van der Waals surface area (Å²) < 4.78 is 7.47. The molecular formula is C18H13BrINO3S2. The number of thiocarbonyl (C=S) groups is 1. The highest BCUT2D eigenvalue weighted by atomic mass is 127. The minimum Gasteiger partial charge on any atom is -0.504 e. The molecule has 134 valence electrons. The SMILES string of the molecule is CCOc1cc(/C=C2/SC(=S)N(c3cccc(Br)c3)C2=O)cc(I)c1O. The van der Waals surface area contributed by atoms with Gasteiger partial charge < -0.3 is 9.84 Å². The topological polar surface area (TPSA) is 49.8 Å². The van der Waals surface area contributed by atoms with Crippen LogP contribution >= 0.6 is 62.5 Å². The monoisotopic (exact) mass is 561 g/mol. The van der Waals surface area contributed by atoms with Gasteiger partial charge in [-0.15, -0.1) is 0 Å². The van der Waals surface area contributed by atoms with Crippen molar-refractivity contribution < 1.29 is 14.6 Å². The van der Waals surface area contributed by atoms with Crippen molar-refractivity contribution in [1.82, 2.24) is 0 Å². The summed E-state index contributed by atoms with van der Waals surface area (Å²) in [6.45, 7) is 2.29. The third-order valence-corrected chi connectivity index (χ3v) is 6.13. The Bertz CT molecular complexity index is 933. The van der Waals surface area contributed by atoms with Crippen LogP contribution in [0.5, 0.6) is 11.5 Å². The van der Waals surface area contributed by atoms with Crippen LogP contribution in [0.4, 0.5) is 5.69 Å². The molecule has 1 heterocycles. The minimum absolute atomic E-state index is 0.103. The molecule has 4 nitrogen and oxygen atoms in total. The van der Waals surface area contributed by atoms with Gasteiger partial charge in [-0.3, -0.25) is 9.69 Å². The number of ether oxygens (including phenoxy) is 1. The van der Waals surface area contributed by atoms with Gasteiger partial charge >= 0.3 is 0 Å². The second kappa shape index (κ2) is 8.28. The van der Waals surface area contributed by atoms with Gasteiger partial charge in [-0.1, -0.05) is 46.0 Å². The van der Waals surface area contributed by atoms with Gasteiger partial charge in [0.25, 0.3) is 5.91 Å². The fourth-order valence-corrected chi connectivity index (χ4v) is 4.71. The molecule has 0 aliphatic carbocycles. The quantitative estimate of drug-likeness (QED) is 0.301. The highest BCUT2D eigenvalue weighted by Gasteiger charge is 2.33. The molecule has 1 fully saturated rings. The largest absolute Gasteiger partial charge is 0.504 e. The molecule has 1 aliphatic rings. The van der Waals surface area contributed by atoms with Crippen LogP contribution in [-0.2, 0) is 4.79 Å². The van der Waals surface area contributed by atoms with E-state index in [1.165, 1.54) is 16.7 Å². The van der Waals surface area contributed by atoms with Crippen LogP contribution in [-0.4, -0.2) is 21.9 Å². The maximum atomic E-state index is 12.8. The number of phenols is 1. The summed E-state index contributed by atoms with van der Waals surface area (Å²) >= 11 is 12.1. The Hall–Kier alpha value is -1.10. The molecular weight excluding hydrogens is 549 g/mol. The fraction of sp³-hybridized carbons (Fsp3) is 0.111. The summed E-state index contributed by atoms with van der Waals surface area (Å²) in [7, 11) is 0. The van der Waals surface area contributed by atoms with E-state index in [1.54, 1.807) is 18.2 Å². The first-order valence-electron chi connectivity index (χ1n) is 7.59. The molecule has 0 aromatic heterocycles. The standard InChI is InChI=1S/C18H13BrINO3S2/c1-2-24-14-7-10(6-13(20)16(14)22)8-15-17(23)21(18(25)26-15)12-5-3-4-11(19)9-12/h3-9,22H,2H2,1H3/b15-8+. The van der Waals surface area contributed by atoms with Crippen molar-refractivity contribution in [2.75, 3.05) is 11.5 Å². The Balaban J connectivity index is 1.96. The summed E-state index contributed by atoms with van der Waals surface area (Å²) in [5.41, 5.74) is 1.49. The molecule has 1 N–H and O–H groups in total. The highest BCUT2D eigenvalue weighted by Crippen LogP contribution is 2.38. The van der Waals surface area contributed by atoms with E-state index in [2.05, 4.69) is 15.9 Å². The number of thioether (sulfide) groups is 1. The lowest BCUT2D eigenvalue weighted by Crippen LogP contribution is -2.27. The van der Waals surface area contributed by atoms with Crippen LogP contribution in [0.25, 0.3) is 6.08 Å². The highest BCUT2D eigenvalue weighted by molar-refractivity contribution is 14.1. The Morgan fingerprint density at radius 2 is 2.15 bits per heavy atom. The van der Waals surface area contributed by atoms with E-state index in [-0.39, 0.29) is 11.7 Å². The number of carbonyl (C=O) groups excluding carboxylic acids is 1. The number of hydrogen-bond acceptors (Lipinski definition) is 5. The molecule has 1 amide bonds. The number of benzene rings is 2. The van der Waals surface area contributed by atoms with E-state index in [1.807, 2.05) is 53.8 Å². The normalized spacial score (nSPS) is 15.8. The van der Waals surface area contributed by atoms with Crippen LogP contribution in [0.3, 0.4) is 0 Å². The number of rotatable bonds is 4. The Morgan fingerprint density at radius 1 is 1.38 bits per heavy atom. The molecule has 0 saturated carbocycles. The summed E-state index contributed by atoms with van der Waals surface area (Å²) in [5, 5.41) is 10.1. The van der Waals surface area contributed by atoms with Crippen molar-refractivity contribution in [2.45, 2.75) is 6.92 Å². The van der Waals surface area contributed by atoms with Gasteiger partial charge in [0.15, 0.2) is 15.8 Å². The molecule has 2 aromatic rings. The number of anilines is 1. The lowest BCUT2D eigenvalue weighted by molar-refractivity contribution is -0.113. The Morgan fingerprint density at radius 3 is 2.85 bits per heavy atom. The minimum atomic E-state index is -0.167. The van der Waals surface area contributed by atoms with Crippen LogP contribution in [0.2, 0.25) is 0 Å². The van der Waals surface area contributed by atoms with E-state index in [0.717, 1.165) is 15.7 Å². The second-order valence-electron chi connectivity index (χ2n) is 5.28. The van der Waals surface area contributed by atoms with Crippen molar-refractivity contribution >= 4 is 84.5 Å². The first-order chi connectivity index (χ1) is 12.4. The van der Waals surface area contributed by atoms with Crippen molar-refractivity contribution in [3.05, 3.63) is 54.9 Å². The van der Waals surface area contributed by atoms with Gasteiger partial charge in [-0.2, -0.15) is 0 Å². The van der Waals surface area contributed by atoms with Crippen LogP contribution in [0, 0.1) is 3.57 Å². The van der Waals surface area contributed by atoms with Crippen molar-refractivity contribution in [3.8, 4) is 11.5 Å². The number of aromatic hydroxyl groups is 1. The fourth-order valence-electron chi connectivity index (χ4n) is 2.40. The van der Waals surface area contributed by atoms with E-state index in [0.29, 0.717) is 25.2 Å². The molecule has 0 spiro atoms. The van der Waals surface area contributed by atoms with Crippen LogP contribution < -0.4 is 9.64 Å². The molecule has 0 radical (unpaired) electrons. The number of nitrogens with zero attached hydrogens (tertiary/aromatic N) is 1. The summed E-state index contributed by atoms with van der Waals surface area (Å²) in [6, 6.07) is 11.0. The predicted molar refractivity (Wildman–Crippen MR) is 122 cm³/mol. The van der Waals surface area contributed by atoms with Gasteiger partial charge in [0.2, 0.25) is 0 Å². The molecule has 0 unspecified atom stereocenters. The lowest BCUT2D eigenvalue weighted by Gasteiger charge is -2.14. The first-order valence-corrected chi connectivity index (χ1v) is 10.7. The van der Waals surface area contributed by atoms with Crippen LogP contribution in [0.15, 0.2) is 45.8 Å². The number of amides is 1. The molecule has 2 aromatic carbocycles. The van der Waals surface area contributed by atoms with Gasteiger partial charge in [-0.25, -0.2) is 0 Å². The van der Waals surface area contributed by atoms with Gasteiger partial charge in [0, 0.05) is 4.47 Å². The van der Waals surface area contributed by atoms with Crippen LogP contribution in [0.1, 0.15) is 12.5 Å². The van der Waals surface area contributed by atoms with Gasteiger partial charge in [0.05, 0.1) is 20.8 Å². The third kappa shape index (κ3) is 4.08. The van der Waals surface area contributed by atoms with E-state index >= 15 is 0 Å². The third-order valence-electron chi connectivity index (χ3n) is 3.51. The summed E-state index contributed by atoms with van der Waals surface area (Å²) in [6.07, 6.45) is 1.77. The second-order valence-corrected chi connectivity index (χ2v) is 9.03. The predicted octanol–water partition coefficient (Wildman–Crippen LogP) is 5.56. The smallest absolute Gasteiger partial charge is 0.270 e. The lowest BCUT2D eigenvalue weighted by atomic mass is 10.2. The average molecular weight is 562 g/mol. The molecule has 1 aliphatic heterocycles.